The van der Waals surface area contributed by atoms with Crippen molar-refractivity contribution in [2.24, 2.45) is 5.92 Å². The monoisotopic (exact) mass is 361 g/mol. The molecule has 1 rings (SSSR count). The molecule has 0 aliphatic heterocycles. The lowest BCUT2D eigenvalue weighted by molar-refractivity contribution is -0.139. The molecule has 0 fully saturated rings. The van der Waals surface area contributed by atoms with E-state index in [1.54, 1.807) is 24.5 Å². The summed E-state index contributed by atoms with van der Waals surface area (Å²) in [6.07, 6.45) is 20.4. The van der Waals surface area contributed by atoms with E-state index < -0.39 is 0 Å². The topological polar surface area (TPSA) is 39.2 Å². The van der Waals surface area contributed by atoms with Gasteiger partial charge in [-0.05, 0) is 25.0 Å². The Morgan fingerprint density at radius 1 is 0.885 bits per heavy atom. The number of ether oxygens (including phenoxy) is 1. The molecule has 148 valence electrons. The maximum atomic E-state index is 12.6. The number of carbonyl (C=O) groups is 1. The third-order valence-corrected chi connectivity index (χ3v) is 5.00. The number of hydrogen-bond acceptors (Lipinski definition) is 3. The molecule has 0 aliphatic rings. The molecule has 0 N–H and O–H groups in total. The van der Waals surface area contributed by atoms with Crippen LogP contribution in [0, 0.1) is 5.92 Å². The Hall–Kier alpha value is -1.38. The van der Waals surface area contributed by atoms with Gasteiger partial charge in [-0.2, -0.15) is 0 Å². The molecule has 0 amide bonds. The van der Waals surface area contributed by atoms with Crippen LogP contribution in [0.4, 0.5) is 0 Å². The lowest BCUT2D eigenvalue weighted by Gasteiger charge is -2.16. The third-order valence-electron chi connectivity index (χ3n) is 5.00. The van der Waals surface area contributed by atoms with Gasteiger partial charge in [0.15, 0.2) is 0 Å². The van der Waals surface area contributed by atoms with E-state index in [-0.39, 0.29) is 11.9 Å². The Morgan fingerprint density at radius 3 is 1.92 bits per heavy atom. The number of carbonyl (C=O) groups excluding carboxylic acids is 1. The van der Waals surface area contributed by atoms with Crippen LogP contribution in [0.25, 0.3) is 0 Å². The number of aromatic nitrogens is 1. The summed E-state index contributed by atoms with van der Waals surface area (Å²) < 4.78 is 5.56. The van der Waals surface area contributed by atoms with Crippen molar-refractivity contribution in [2.45, 2.75) is 104 Å². The van der Waals surface area contributed by atoms with E-state index in [2.05, 4.69) is 18.8 Å². The number of unbranched alkanes of at least 4 members (excludes halogenated alkanes) is 10. The molecule has 0 saturated carbocycles. The van der Waals surface area contributed by atoms with Crippen molar-refractivity contribution in [2.75, 3.05) is 0 Å². The Kier molecular flexibility index (Phi) is 13.8. The zero-order valence-electron chi connectivity index (χ0n) is 17.0. The average Bonchev–Trinajstić information content (AvgIpc) is 2.66. The van der Waals surface area contributed by atoms with E-state index in [9.17, 15) is 4.79 Å². The van der Waals surface area contributed by atoms with Crippen LogP contribution in [-0.4, -0.2) is 11.0 Å². The highest BCUT2D eigenvalue weighted by Crippen LogP contribution is 2.22. The van der Waals surface area contributed by atoms with Crippen molar-refractivity contribution in [1.29, 1.82) is 0 Å². The fourth-order valence-electron chi connectivity index (χ4n) is 3.33. The highest BCUT2D eigenvalue weighted by Gasteiger charge is 2.20. The summed E-state index contributed by atoms with van der Waals surface area (Å²) in [6.45, 7) is 4.48. The predicted octanol–water partition coefficient (Wildman–Crippen LogP) is 7.10. The number of esters is 1. The number of pyridine rings is 1. The van der Waals surface area contributed by atoms with Crippen LogP contribution in [0.2, 0.25) is 0 Å². The first kappa shape index (κ1) is 22.7. The van der Waals surface area contributed by atoms with Gasteiger partial charge in [0.1, 0.15) is 5.75 Å². The Morgan fingerprint density at radius 2 is 1.42 bits per heavy atom. The minimum Gasteiger partial charge on any atom is -0.425 e. The van der Waals surface area contributed by atoms with Gasteiger partial charge < -0.3 is 4.74 Å². The first-order chi connectivity index (χ1) is 12.8. The van der Waals surface area contributed by atoms with Gasteiger partial charge in [0.05, 0.1) is 12.1 Å². The van der Waals surface area contributed by atoms with Crippen molar-refractivity contribution in [1.82, 2.24) is 4.98 Å². The van der Waals surface area contributed by atoms with E-state index in [0.29, 0.717) is 5.75 Å². The average molecular weight is 362 g/mol. The molecule has 0 aromatic carbocycles. The third kappa shape index (κ3) is 11.3. The van der Waals surface area contributed by atoms with Gasteiger partial charge in [0.2, 0.25) is 0 Å². The van der Waals surface area contributed by atoms with E-state index in [1.807, 2.05) is 0 Å². The van der Waals surface area contributed by atoms with Crippen molar-refractivity contribution >= 4 is 5.97 Å². The largest absolute Gasteiger partial charge is 0.425 e. The van der Waals surface area contributed by atoms with Gasteiger partial charge >= 0.3 is 5.97 Å². The summed E-state index contributed by atoms with van der Waals surface area (Å²) in [7, 11) is 0. The quantitative estimate of drug-likeness (QED) is 0.233. The highest BCUT2D eigenvalue weighted by atomic mass is 16.5. The molecular formula is C23H39NO2. The minimum atomic E-state index is -0.0699. The Labute approximate surface area is 160 Å². The van der Waals surface area contributed by atoms with E-state index in [1.165, 1.54) is 64.2 Å². The standard InChI is InChI=1S/C23H39NO2/c1-3-5-7-9-10-12-14-17-21(16-13-11-8-6-4-2)23(25)26-22-18-15-19-24-20-22/h15,18-21H,3-14,16-17H2,1-2H3. The van der Waals surface area contributed by atoms with Gasteiger partial charge in [-0.3, -0.25) is 9.78 Å². The summed E-state index contributed by atoms with van der Waals surface area (Å²) >= 11 is 0. The maximum absolute atomic E-state index is 12.6. The fourth-order valence-corrected chi connectivity index (χ4v) is 3.33. The van der Waals surface area contributed by atoms with Crippen molar-refractivity contribution in [3.8, 4) is 5.75 Å². The molecule has 26 heavy (non-hydrogen) atoms. The Bertz CT molecular complexity index is 447. The number of hydrogen-bond donors (Lipinski definition) is 0. The molecule has 0 spiro atoms. The molecule has 0 radical (unpaired) electrons. The van der Waals surface area contributed by atoms with Gasteiger partial charge in [-0.15, -0.1) is 0 Å². The summed E-state index contributed by atoms with van der Waals surface area (Å²) in [4.78, 5) is 16.6. The highest BCUT2D eigenvalue weighted by molar-refractivity contribution is 5.74. The summed E-state index contributed by atoms with van der Waals surface area (Å²) in [5.74, 6) is 0.528. The molecule has 1 heterocycles. The van der Waals surface area contributed by atoms with E-state index in [4.69, 9.17) is 4.74 Å². The van der Waals surface area contributed by atoms with Crippen LogP contribution < -0.4 is 4.74 Å². The molecule has 3 nitrogen and oxygen atoms in total. The van der Waals surface area contributed by atoms with Gasteiger partial charge in [-0.1, -0.05) is 90.9 Å². The maximum Gasteiger partial charge on any atom is 0.314 e. The first-order valence-corrected chi connectivity index (χ1v) is 10.9. The van der Waals surface area contributed by atoms with Gasteiger partial charge in [0.25, 0.3) is 0 Å². The Balaban J connectivity index is 2.35. The molecule has 1 atom stereocenters. The lowest BCUT2D eigenvalue weighted by atomic mass is 9.94. The second kappa shape index (κ2) is 15.8. The molecule has 0 bridgehead atoms. The fraction of sp³-hybridized carbons (Fsp3) is 0.739. The van der Waals surface area contributed by atoms with Crippen LogP contribution >= 0.6 is 0 Å². The van der Waals surface area contributed by atoms with Crippen molar-refractivity contribution in [3.05, 3.63) is 24.5 Å². The van der Waals surface area contributed by atoms with Crippen molar-refractivity contribution < 1.29 is 9.53 Å². The summed E-state index contributed by atoms with van der Waals surface area (Å²) in [6, 6.07) is 3.61. The molecule has 3 heteroatoms. The number of rotatable bonds is 16. The summed E-state index contributed by atoms with van der Waals surface area (Å²) in [5, 5.41) is 0. The SMILES string of the molecule is CCCCCCCCCC(CCCCCCC)C(=O)Oc1cccnc1. The first-order valence-electron chi connectivity index (χ1n) is 10.9. The van der Waals surface area contributed by atoms with Gasteiger partial charge in [0, 0.05) is 6.20 Å². The smallest absolute Gasteiger partial charge is 0.314 e. The normalized spacial score (nSPS) is 12.1. The van der Waals surface area contributed by atoms with Crippen LogP contribution in [-0.2, 0) is 4.79 Å². The second-order valence-corrected chi connectivity index (χ2v) is 7.42. The molecular weight excluding hydrogens is 322 g/mol. The molecule has 1 aromatic heterocycles. The lowest BCUT2D eigenvalue weighted by Crippen LogP contribution is -2.21. The summed E-state index contributed by atoms with van der Waals surface area (Å²) in [5.41, 5.74) is 0. The minimum absolute atomic E-state index is 0.0347. The second-order valence-electron chi connectivity index (χ2n) is 7.42. The van der Waals surface area contributed by atoms with E-state index >= 15 is 0 Å². The van der Waals surface area contributed by atoms with Crippen LogP contribution in [0.3, 0.4) is 0 Å². The molecule has 1 unspecified atom stereocenters. The molecule has 0 saturated heterocycles. The molecule has 0 aliphatic carbocycles. The predicted molar refractivity (Wildman–Crippen MR) is 109 cm³/mol. The number of nitrogens with zero attached hydrogens (tertiary/aromatic N) is 1. The van der Waals surface area contributed by atoms with Crippen LogP contribution in [0.15, 0.2) is 24.5 Å². The van der Waals surface area contributed by atoms with E-state index in [0.717, 1.165) is 25.7 Å². The zero-order valence-corrected chi connectivity index (χ0v) is 17.0. The van der Waals surface area contributed by atoms with Crippen LogP contribution in [0.5, 0.6) is 5.75 Å². The van der Waals surface area contributed by atoms with Crippen molar-refractivity contribution in [3.63, 3.8) is 0 Å². The zero-order chi connectivity index (χ0) is 18.9. The van der Waals surface area contributed by atoms with Crippen LogP contribution in [0.1, 0.15) is 104 Å². The van der Waals surface area contributed by atoms with Gasteiger partial charge in [-0.25, -0.2) is 0 Å². The molecule has 1 aromatic rings.